The molecule has 0 aromatic rings. The molecule has 0 aromatic carbocycles. The molecular weight excluding hydrogens is 212 g/mol. The molecule has 16 heavy (non-hydrogen) atoms. The molecule has 0 amide bonds. The fourth-order valence-electron chi connectivity index (χ4n) is 2.14. The summed E-state index contributed by atoms with van der Waals surface area (Å²) in [7, 11) is -1.46. The fraction of sp³-hybridized carbons (Fsp3) is 0.714. The number of hydrogen-bond donors (Lipinski definition) is 1. The molecule has 0 aliphatic rings. The third-order valence-electron chi connectivity index (χ3n) is 3.52. The lowest BCUT2D eigenvalue weighted by Crippen LogP contribution is -2.42. The number of allylic oxidation sites excluding steroid dienone is 2. The normalized spacial score (nSPS) is 14.1. The Morgan fingerprint density at radius 2 is 1.75 bits per heavy atom. The van der Waals surface area contributed by atoms with Crippen LogP contribution in [-0.4, -0.2) is 18.8 Å². The van der Waals surface area contributed by atoms with Gasteiger partial charge in [-0.25, -0.2) is 0 Å². The van der Waals surface area contributed by atoms with Gasteiger partial charge in [0.15, 0.2) is 0 Å². The van der Waals surface area contributed by atoms with E-state index in [0.29, 0.717) is 0 Å². The maximum atomic E-state index is 10.3. The highest BCUT2D eigenvalue weighted by molar-refractivity contribution is 6.85. The highest BCUT2D eigenvalue weighted by atomic mass is 28.3. The molecule has 1 N–H and O–H groups in total. The summed E-state index contributed by atoms with van der Waals surface area (Å²) in [5.74, 6) is 0. The van der Waals surface area contributed by atoms with Crippen molar-refractivity contribution in [2.75, 3.05) is 0 Å². The largest absolute Gasteiger partial charge is 0.386 e. The SMILES string of the molecule is C=C(C)CC=C(C(C)(C)O)[Si](C)(CC)CC. The molecule has 1 nitrogen and oxygen atoms in total. The van der Waals surface area contributed by atoms with Crippen LogP contribution >= 0.6 is 0 Å². The van der Waals surface area contributed by atoms with Crippen LogP contribution in [0.15, 0.2) is 23.4 Å². The van der Waals surface area contributed by atoms with Crippen LogP contribution in [0.2, 0.25) is 18.6 Å². The second-order valence-electron chi connectivity index (χ2n) is 5.61. The van der Waals surface area contributed by atoms with E-state index in [9.17, 15) is 5.11 Å². The van der Waals surface area contributed by atoms with E-state index in [2.05, 4.69) is 33.0 Å². The van der Waals surface area contributed by atoms with Crippen molar-refractivity contribution in [3.8, 4) is 0 Å². The van der Waals surface area contributed by atoms with Gasteiger partial charge in [-0.05, 0) is 27.2 Å². The lowest BCUT2D eigenvalue weighted by atomic mass is 10.1. The van der Waals surface area contributed by atoms with Crippen molar-refractivity contribution in [1.29, 1.82) is 0 Å². The summed E-state index contributed by atoms with van der Waals surface area (Å²) >= 11 is 0. The van der Waals surface area contributed by atoms with E-state index in [-0.39, 0.29) is 0 Å². The summed E-state index contributed by atoms with van der Waals surface area (Å²) in [4.78, 5) is 0. The monoisotopic (exact) mass is 240 g/mol. The third kappa shape index (κ3) is 4.26. The molecule has 0 fully saturated rings. The third-order valence-corrected chi connectivity index (χ3v) is 8.76. The Kier molecular flexibility index (Phi) is 5.70. The highest BCUT2D eigenvalue weighted by Gasteiger charge is 2.35. The van der Waals surface area contributed by atoms with E-state index in [1.54, 1.807) is 0 Å². The molecule has 0 aliphatic heterocycles. The predicted octanol–water partition coefficient (Wildman–Crippen LogP) is 4.31. The maximum absolute atomic E-state index is 10.3. The van der Waals surface area contributed by atoms with Crippen LogP contribution in [0, 0.1) is 0 Å². The molecule has 0 aromatic heterocycles. The average Bonchev–Trinajstić information content (AvgIpc) is 2.15. The van der Waals surface area contributed by atoms with E-state index in [1.165, 1.54) is 17.3 Å². The van der Waals surface area contributed by atoms with Gasteiger partial charge in [-0.15, -0.1) is 0 Å². The summed E-state index contributed by atoms with van der Waals surface area (Å²) in [5.41, 5.74) is 0.480. The maximum Gasteiger partial charge on any atom is 0.0812 e. The Balaban J connectivity index is 5.25. The van der Waals surface area contributed by atoms with Crippen LogP contribution in [-0.2, 0) is 0 Å². The number of hydrogen-bond acceptors (Lipinski definition) is 1. The topological polar surface area (TPSA) is 20.2 Å². The van der Waals surface area contributed by atoms with Gasteiger partial charge in [-0.3, -0.25) is 0 Å². The summed E-state index contributed by atoms with van der Waals surface area (Å²) in [6.07, 6.45) is 3.11. The first-order valence-corrected chi connectivity index (χ1v) is 9.16. The Morgan fingerprint density at radius 1 is 1.31 bits per heavy atom. The van der Waals surface area contributed by atoms with Gasteiger partial charge < -0.3 is 5.11 Å². The van der Waals surface area contributed by atoms with Crippen molar-refractivity contribution in [1.82, 2.24) is 0 Å². The van der Waals surface area contributed by atoms with Crippen LogP contribution < -0.4 is 0 Å². The molecule has 0 saturated heterocycles. The minimum absolute atomic E-state index is 0.678. The molecule has 0 spiro atoms. The van der Waals surface area contributed by atoms with E-state index >= 15 is 0 Å². The van der Waals surface area contributed by atoms with Gasteiger partial charge in [0.1, 0.15) is 0 Å². The van der Waals surface area contributed by atoms with Gasteiger partial charge in [-0.1, -0.05) is 55.9 Å². The second-order valence-corrected chi connectivity index (χ2v) is 10.7. The quantitative estimate of drug-likeness (QED) is 0.542. The van der Waals surface area contributed by atoms with Gasteiger partial charge in [0.25, 0.3) is 0 Å². The lowest BCUT2D eigenvalue weighted by molar-refractivity contribution is 0.126. The minimum atomic E-state index is -1.46. The molecule has 0 bridgehead atoms. The summed E-state index contributed by atoms with van der Waals surface area (Å²) in [6, 6.07) is 2.38. The molecule has 2 heteroatoms. The van der Waals surface area contributed by atoms with Gasteiger partial charge in [0.2, 0.25) is 0 Å². The average molecular weight is 240 g/mol. The van der Waals surface area contributed by atoms with Crippen LogP contribution in [0.4, 0.5) is 0 Å². The zero-order valence-corrected chi connectivity index (χ0v) is 12.9. The van der Waals surface area contributed by atoms with E-state index in [4.69, 9.17) is 0 Å². The minimum Gasteiger partial charge on any atom is -0.386 e. The van der Waals surface area contributed by atoms with Gasteiger partial charge in [0.05, 0.1) is 13.7 Å². The van der Waals surface area contributed by atoms with Crippen molar-refractivity contribution >= 4 is 8.07 Å². The molecule has 0 heterocycles. The van der Waals surface area contributed by atoms with Gasteiger partial charge >= 0.3 is 0 Å². The molecule has 0 radical (unpaired) electrons. The first-order valence-electron chi connectivity index (χ1n) is 6.25. The van der Waals surface area contributed by atoms with Crippen LogP contribution in [0.1, 0.15) is 41.0 Å². The first-order chi connectivity index (χ1) is 7.17. The first kappa shape index (κ1) is 15.7. The molecule has 0 atom stereocenters. The van der Waals surface area contributed by atoms with Gasteiger partial charge in [0, 0.05) is 0 Å². The Labute approximate surface area is 102 Å². The van der Waals surface area contributed by atoms with Crippen LogP contribution in [0.25, 0.3) is 0 Å². The molecular formula is C14H28OSi. The van der Waals surface area contributed by atoms with Crippen molar-refractivity contribution in [2.24, 2.45) is 0 Å². The van der Waals surface area contributed by atoms with Crippen molar-refractivity contribution in [3.63, 3.8) is 0 Å². The highest BCUT2D eigenvalue weighted by Crippen LogP contribution is 2.32. The lowest BCUT2D eigenvalue weighted by Gasteiger charge is -2.36. The second kappa shape index (κ2) is 5.83. The molecule has 94 valence electrons. The number of aliphatic hydroxyl groups is 1. The zero-order valence-electron chi connectivity index (χ0n) is 11.9. The molecule has 0 rings (SSSR count). The van der Waals surface area contributed by atoms with E-state index in [1.807, 2.05) is 20.8 Å². The predicted molar refractivity (Wildman–Crippen MR) is 76.4 cm³/mol. The summed E-state index contributed by atoms with van der Waals surface area (Å²) in [6.45, 7) is 16.7. The Morgan fingerprint density at radius 3 is 2.00 bits per heavy atom. The standard InChI is InChI=1S/C14H28OSi/c1-8-16(7,9-2)13(14(5,6)15)11-10-12(3)4/h11,15H,3,8-10H2,1-2,4-7H3. The van der Waals surface area contributed by atoms with Crippen molar-refractivity contribution in [2.45, 2.75) is 65.3 Å². The Hall–Kier alpha value is -0.343. The van der Waals surface area contributed by atoms with Crippen LogP contribution in [0.5, 0.6) is 0 Å². The number of rotatable bonds is 6. The van der Waals surface area contributed by atoms with Crippen LogP contribution in [0.3, 0.4) is 0 Å². The van der Waals surface area contributed by atoms with Gasteiger partial charge in [-0.2, -0.15) is 0 Å². The van der Waals surface area contributed by atoms with E-state index < -0.39 is 13.7 Å². The zero-order chi connectivity index (χ0) is 13.0. The molecule has 0 unspecified atom stereocenters. The summed E-state index contributed by atoms with van der Waals surface area (Å²) in [5, 5.41) is 11.6. The smallest absolute Gasteiger partial charge is 0.0812 e. The molecule has 0 aliphatic carbocycles. The van der Waals surface area contributed by atoms with Crippen molar-refractivity contribution in [3.05, 3.63) is 23.4 Å². The van der Waals surface area contributed by atoms with Crippen molar-refractivity contribution < 1.29 is 5.11 Å². The van der Waals surface area contributed by atoms with E-state index in [0.717, 1.165) is 12.0 Å². The fourth-order valence-corrected chi connectivity index (χ4v) is 5.48. The Bertz CT molecular complexity index is 267. The molecule has 0 saturated carbocycles. The summed E-state index contributed by atoms with van der Waals surface area (Å²) < 4.78 is 0.